The molecule has 0 radical (unpaired) electrons. The summed E-state index contributed by atoms with van der Waals surface area (Å²) in [5.41, 5.74) is 5.41. The maximum Gasteiger partial charge on any atom is 0.255 e. The predicted octanol–water partition coefficient (Wildman–Crippen LogP) is 4.59. The number of carbonyl (C=O) groups excluding carboxylic acids is 2. The first kappa shape index (κ1) is 23.8. The average molecular weight is 469 g/mol. The van der Waals surface area contributed by atoms with Crippen molar-refractivity contribution in [1.29, 1.82) is 0 Å². The Morgan fingerprint density at radius 3 is 2.37 bits per heavy atom. The number of aryl methyl sites for hydroxylation is 2. The Balaban J connectivity index is 1.55. The molecule has 0 saturated heterocycles. The van der Waals surface area contributed by atoms with E-state index >= 15 is 0 Å². The quantitative estimate of drug-likeness (QED) is 0.396. The Labute approximate surface area is 204 Å². The first-order valence-electron chi connectivity index (χ1n) is 11.3. The van der Waals surface area contributed by atoms with Crippen molar-refractivity contribution >= 4 is 17.5 Å². The molecule has 7 nitrogen and oxygen atoms in total. The summed E-state index contributed by atoms with van der Waals surface area (Å²) in [7, 11) is 1.59. The summed E-state index contributed by atoms with van der Waals surface area (Å²) >= 11 is 0. The molecular weight excluding hydrogens is 440 g/mol. The number of nitrogens with zero attached hydrogens (tertiary/aromatic N) is 2. The van der Waals surface area contributed by atoms with Crippen molar-refractivity contribution in [2.75, 3.05) is 19.0 Å². The molecule has 0 spiro atoms. The van der Waals surface area contributed by atoms with Gasteiger partial charge in [0.1, 0.15) is 11.4 Å². The summed E-state index contributed by atoms with van der Waals surface area (Å²) in [6.07, 6.45) is 1.71. The summed E-state index contributed by atoms with van der Waals surface area (Å²) in [5, 5.41) is 10.3. The molecule has 0 atom stereocenters. The lowest BCUT2D eigenvalue weighted by Crippen LogP contribution is -2.33. The van der Waals surface area contributed by atoms with Crippen LogP contribution in [0.1, 0.15) is 27.0 Å². The smallest absolute Gasteiger partial charge is 0.255 e. The Hall–Kier alpha value is -4.39. The minimum atomic E-state index is -0.376. The predicted molar refractivity (Wildman–Crippen MR) is 137 cm³/mol. The number of aromatic nitrogens is 2. The second-order valence-electron chi connectivity index (χ2n) is 8.30. The molecule has 35 heavy (non-hydrogen) atoms. The SMILES string of the molecule is COc1cccc(-c2nn(Cc3ccccc3)cc2C(=O)NCC(=O)Nc2c(C)cccc2C)c1. The second-order valence-corrected chi connectivity index (χ2v) is 8.30. The number of carbonyl (C=O) groups is 2. The highest BCUT2D eigenvalue weighted by molar-refractivity contribution is 6.03. The lowest BCUT2D eigenvalue weighted by Gasteiger charge is -2.12. The Bertz CT molecular complexity index is 1330. The summed E-state index contributed by atoms with van der Waals surface area (Å²) < 4.78 is 7.08. The number of hydrogen-bond donors (Lipinski definition) is 2. The lowest BCUT2D eigenvalue weighted by atomic mass is 10.1. The van der Waals surface area contributed by atoms with Crippen molar-refractivity contribution in [3.63, 3.8) is 0 Å². The van der Waals surface area contributed by atoms with Gasteiger partial charge in [0, 0.05) is 17.4 Å². The molecule has 0 fully saturated rings. The molecule has 0 aliphatic rings. The fraction of sp³-hybridized carbons (Fsp3) is 0.179. The number of nitrogens with one attached hydrogen (secondary N) is 2. The van der Waals surface area contributed by atoms with E-state index in [1.165, 1.54) is 0 Å². The maximum atomic E-state index is 13.2. The number of anilines is 1. The van der Waals surface area contributed by atoms with Crippen molar-refractivity contribution in [2.45, 2.75) is 20.4 Å². The standard InChI is InChI=1S/C28H28N4O3/c1-19-9-7-10-20(2)26(19)30-25(33)16-29-28(34)24-18-32(17-21-11-5-4-6-12-21)31-27(24)22-13-8-14-23(15-22)35-3/h4-15,18H,16-17H2,1-3H3,(H,29,34)(H,30,33). The van der Waals surface area contributed by atoms with Gasteiger partial charge in [0.2, 0.25) is 5.91 Å². The van der Waals surface area contributed by atoms with Crippen molar-refractivity contribution in [1.82, 2.24) is 15.1 Å². The zero-order valence-corrected chi connectivity index (χ0v) is 20.0. The number of hydrogen-bond acceptors (Lipinski definition) is 4. The molecule has 1 heterocycles. The van der Waals surface area contributed by atoms with E-state index in [0.29, 0.717) is 23.6 Å². The first-order valence-corrected chi connectivity index (χ1v) is 11.3. The second kappa shape index (κ2) is 10.7. The highest BCUT2D eigenvalue weighted by atomic mass is 16.5. The van der Waals surface area contributed by atoms with Gasteiger partial charge in [-0.25, -0.2) is 0 Å². The third kappa shape index (κ3) is 5.76. The van der Waals surface area contributed by atoms with Crippen LogP contribution in [-0.2, 0) is 11.3 Å². The third-order valence-electron chi connectivity index (χ3n) is 5.69. The van der Waals surface area contributed by atoms with Gasteiger partial charge in [0.05, 0.1) is 25.8 Å². The number of benzene rings is 3. The summed E-state index contributed by atoms with van der Waals surface area (Å²) in [6.45, 7) is 4.22. The largest absolute Gasteiger partial charge is 0.497 e. The molecule has 2 amide bonds. The molecule has 0 aliphatic heterocycles. The van der Waals surface area contributed by atoms with Crippen LogP contribution in [0.15, 0.2) is 79.0 Å². The summed E-state index contributed by atoms with van der Waals surface area (Å²) in [6, 6.07) is 23.1. The molecule has 0 unspecified atom stereocenters. The normalized spacial score (nSPS) is 10.6. The van der Waals surface area contributed by atoms with E-state index in [1.54, 1.807) is 18.0 Å². The number of methoxy groups -OCH3 is 1. The minimum Gasteiger partial charge on any atom is -0.497 e. The number of ether oxygens (including phenoxy) is 1. The Morgan fingerprint density at radius 2 is 1.66 bits per heavy atom. The van der Waals surface area contributed by atoms with Crippen LogP contribution < -0.4 is 15.4 Å². The molecule has 0 aliphatic carbocycles. The molecule has 0 bridgehead atoms. The van der Waals surface area contributed by atoms with Crippen molar-refractivity contribution in [3.8, 4) is 17.0 Å². The third-order valence-corrected chi connectivity index (χ3v) is 5.69. The van der Waals surface area contributed by atoms with Crippen LogP contribution in [0.25, 0.3) is 11.3 Å². The molecule has 3 aromatic carbocycles. The van der Waals surface area contributed by atoms with Crippen molar-refractivity contribution in [2.24, 2.45) is 0 Å². The Kier molecular flexibility index (Phi) is 7.26. The maximum absolute atomic E-state index is 13.2. The van der Waals surface area contributed by atoms with Gasteiger partial charge in [-0.2, -0.15) is 5.10 Å². The monoisotopic (exact) mass is 468 g/mol. The highest BCUT2D eigenvalue weighted by Gasteiger charge is 2.19. The van der Waals surface area contributed by atoms with Crippen molar-refractivity contribution in [3.05, 3.63) is 101 Å². The molecular formula is C28H28N4O3. The van der Waals surface area contributed by atoms with Crippen LogP contribution in [0.5, 0.6) is 5.75 Å². The molecule has 1 aromatic heterocycles. The number of rotatable bonds is 8. The van der Waals surface area contributed by atoms with E-state index in [-0.39, 0.29) is 18.4 Å². The van der Waals surface area contributed by atoms with Crippen molar-refractivity contribution < 1.29 is 14.3 Å². The molecule has 7 heteroatoms. The van der Waals surface area contributed by atoms with Crippen LogP contribution in [-0.4, -0.2) is 35.2 Å². The average Bonchev–Trinajstić information content (AvgIpc) is 3.29. The van der Waals surface area contributed by atoms with Crippen LogP contribution in [0.4, 0.5) is 5.69 Å². The fourth-order valence-electron chi connectivity index (χ4n) is 3.87. The van der Waals surface area contributed by atoms with E-state index in [0.717, 1.165) is 27.9 Å². The highest BCUT2D eigenvalue weighted by Crippen LogP contribution is 2.26. The molecule has 4 rings (SSSR count). The van der Waals surface area contributed by atoms with E-state index in [4.69, 9.17) is 4.74 Å². The molecule has 178 valence electrons. The van der Waals surface area contributed by atoms with Gasteiger partial charge in [-0.05, 0) is 42.7 Å². The van der Waals surface area contributed by atoms with Gasteiger partial charge in [-0.1, -0.05) is 60.7 Å². The molecule has 0 saturated carbocycles. The van der Waals surface area contributed by atoms with Gasteiger partial charge >= 0.3 is 0 Å². The fourth-order valence-corrected chi connectivity index (χ4v) is 3.87. The van der Waals surface area contributed by atoms with Gasteiger partial charge in [-0.15, -0.1) is 0 Å². The van der Waals surface area contributed by atoms with E-state index in [9.17, 15) is 9.59 Å². The summed E-state index contributed by atoms with van der Waals surface area (Å²) in [4.78, 5) is 25.7. The van der Waals surface area contributed by atoms with Gasteiger partial charge < -0.3 is 15.4 Å². The first-order chi connectivity index (χ1) is 16.9. The zero-order valence-electron chi connectivity index (χ0n) is 20.0. The van der Waals surface area contributed by atoms with E-state index in [2.05, 4.69) is 15.7 Å². The van der Waals surface area contributed by atoms with E-state index in [1.807, 2.05) is 86.6 Å². The van der Waals surface area contributed by atoms with Crippen LogP contribution in [0.3, 0.4) is 0 Å². The number of para-hydroxylation sites is 1. The van der Waals surface area contributed by atoms with E-state index < -0.39 is 0 Å². The summed E-state index contributed by atoms with van der Waals surface area (Å²) in [5.74, 6) is -0.00593. The molecule has 2 N–H and O–H groups in total. The lowest BCUT2D eigenvalue weighted by molar-refractivity contribution is -0.115. The van der Waals surface area contributed by atoms with Crippen LogP contribution in [0, 0.1) is 13.8 Å². The van der Waals surface area contributed by atoms with Crippen LogP contribution in [0.2, 0.25) is 0 Å². The topological polar surface area (TPSA) is 85.2 Å². The molecule has 4 aromatic rings. The zero-order chi connectivity index (χ0) is 24.8. The van der Waals surface area contributed by atoms with Gasteiger partial charge in [-0.3, -0.25) is 14.3 Å². The number of amides is 2. The van der Waals surface area contributed by atoms with Gasteiger partial charge in [0.25, 0.3) is 5.91 Å². The van der Waals surface area contributed by atoms with Crippen LogP contribution >= 0.6 is 0 Å². The van der Waals surface area contributed by atoms with Gasteiger partial charge in [0.15, 0.2) is 0 Å². The Morgan fingerprint density at radius 1 is 0.943 bits per heavy atom. The minimum absolute atomic E-state index is 0.159.